The van der Waals surface area contributed by atoms with Crippen LogP contribution in [0.25, 0.3) is 5.76 Å². The van der Waals surface area contributed by atoms with Gasteiger partial charge in [0.05, 0.1) is 32.9 Å². The molecular weight excluding hydrogens is 507 g/mol. The van der Waals surface area contributed by atoms with Gasteiger partial charge in [0.25, 0.3) is 11.7 Å². The predicted molar refractivity (Wildman–Crippen MR) is 130 cm³/mol. The number of aliphatic hydroxyl groups is 1. The number of carbonyl (C=O) groups is 2. The Hall–Kier alpha value is -4.67. The average Bonchev–Trinajstić information content (AvgIpc) is 3.17. The van der Waals surface area contributed by atoms with Gasteiger partial charge < -0.3 is 24.1 Å². The number of anilines is 1. The number of ketones is 1. The minimum Gasteiger partial charge on any atom is -0.507 e. The van der Waals surface area contributed by atoms with Gasteiger partial charge in [0, 0.05) is 11.3 Å². The largest absolute Gasteiger partial charge is 0.573 e. The van der Waals surface area contributed by atoms with Crippen LogP contribution < -0.4 is 23.8 Å². The molecule has 0 radical (unpaired) electrons. The number of nitrogens with zero attached hydrogens (tertiary/aromatic N) is 1. The zero-order valence-corrected chi connectivity index (χ0v) is 20.4. The first-order chi connectivity index (χ1) is 18.1. The second kappa shape index (κ2) is 10.4. The van der Waals surface area contributed by atoms with Crippen LogP contribution in [0.2, 0.25) is 0 Å². The lowest BCUT2D eigenvalue weighted by Gasteiger charge is -2.26. The zero-order valence-electron chi connectivity index (χ0n) is 20.4. The van der Waals surface area contributed by atoms with E-state index in [-0.39, 0.29) is 22.6 Å². The molecule has 4 rings (SSSR count). The van der Waals surface area contributed by atoms with Crippen molar-refractivity contribution in [2.45, 2.75) is 12.4 Å². The molecule has 1 aliphatic rings. The first-order valence-electron chi connectivity index (χ1n) is 11.1. The molecule has 0 bridgehead atoms. The van der Waals surface area contributed by atoms with Crippen molar-refractivity contribution in [1.29, 1.82) is 0 Å². The fourth-order valence-electron chi connectivity index (χ4n) is 4.15. The summed E-state index contributed by atoms with van der Waals surface area (Å²) >= 11 is 0. The number of hydrogen-bond acceptors (Lipinski definition) is 7. The normalized spacial score (nSPS) is 16.9. The van der Waals surface area contributed by atoms with Crippen LogP contribution in [0.15, 0.2) is 72.3 Å². The summed E-state index contributed by atoms with van der Waals surface area (Å²) < 4.78 is 57.4. The maximum absolute atomic E-state index is 13.3. The van der Waals surface area contributed by atoms with Crippen LogP contribution in [-0.4, -0.2) is 44.5 Å². The summed E-state index contributed by atoms with van der Waals surface area (Å²) in [6, 6.07) is 14.3. The van der Waals surface area contributed by atoms with Crippen molar-refractivity contribution >= 4 is 23.1 Å². The Labute approximate surface area is 215 Å². The maximum atomic E-state index is 13.3. The number of aliphatic hydroxyl groups excluding tert-OH is 1. The number of rotatable bonds is 7. The first kappa shape index (κ1) is 26.4. The molecule has 3 aromatic rings. The van der Waals surface area contributed by atoms with Gasteiger partial charge in [-0.25, -0.2) is 0 Å². The summed E-state index contributed by atoms with van der Waals surface area (Å²) in [6.07, 6.45) is -4.90. The molecular formula is C27H22F3NO7. The van der Waals surface area contributed by atoms with Crippen molar-refractivity contribution in [2.75, 3.05) is 26.2 Å². The number of carbonyl (C=O) groups excluding carboxylic acids is 2. The summed E-state index contributed by atoms with van der Waals surface area (Å²) in [4.78, 5) is 27.6. The number of amides is 1. The fraction of sp³-hybridized carbons (Fsp3) is 0.185. The van der Waals surface area contributed by atoms with Gasteiger partial charge in [0.1, 0.15) is 17.3 Å². The molecule has 38 heavy (non-hydrogen) atoms. The highest BCUT2D eigenvalue weighted by molar-refractivity contribution is 6.51. The van der Waals surface area contributed by atoms with Gasteiger partial charge in [-0.1, -0.05) is 12.1 Å². The van der Waals surface area contributed by atoms with E-state index in [1.165, 1.54) is 51.7 Å². The van der Waals surface area contributed by atoms with Gasteiger partial charge >= 0.3 is 6.36 Å². The SMILES string of the molecule is COc1ccc(C2/C(=C(/O)c3ccc(OC)c(OC)c3)C(=O)C(=O)N2c2ccc(OC(F)(F)F)cc2)cc1. The Morgan fingerprint density at radius 1 is 0.816 bits per heavy atom. The molecule has 1 unspecified atom stereocenters. The molecule has 1 fully saturated rings. The summed E-state index contributed by atoms with van der Waals surface area (Å²) in [5, 5.41) is 11.3. The predicted octanol–water partition coefficient (Wildman–Crippen LogP) is 5.24. The zero-order chi connectivity index (χ0) is 27.6. The van der Waals surface area contributed by atoms with E-state index < -0.39 is 35.6 Å². The van der Waals surface area contributed by atoms with Gasteiger partial charge in [0.2, 0.25) is 0 Å². The van der Waals surface area contributed by atoms with Crippen molar-refractivity contribution in [3.63, 3.8) is 0 Å². The van der Waals surface area contributed by atoms with Crippen molar-refractivity contribution in [2.24, 2.45) is 0 Å². The van der Waals surface area contributed by atoms with Crippen LogP contribution in [0.3, 0.4) is 0 Å². The second-order valence-electron chi connectivity index (χ2n) is 8.05. The smallest absolute Gasteiger partial charge is 0.507 e. The Morgan fingerprint density at radius 2 is 1.42 bits per heavy atom. The highest BCUT2D eigenvalue weighted by Gasteiger charge is 2.47. The fourth-order valence-corrected chi connectivity index (χ4v) is 4.15. The molecule has 11 heteroatoms. The highest BCUT2D eigenvalue weighted by atomic mass is 19.4. The van der Waals surface area contributed by atoms with Gasteiger partial charge in [-0.3, -0.25) is 14.5 Å². The molecule has 8 nitrogen and oxygen atoms in total. The minimum atomic E-state index is -4.90. The molecule has 0 spiro atoms. The molecule has 0 aromatic heterocycles. The van der Waals surface area contributed by atoms with E-state index in [0.717, 1.165) is 17.0 Å². The van der Waals surface area contributed by atoms with E-state index >= 15 is 0 Å². The van der Waals surface area contributed by atoms with Crippen LogP contribution >= 0.6 is 0 Å². The molecule has 1 saturated heterocycles. The third-order valence-electron chi connectivity index (χ3n) is 5.88. The number of hydrogen-bond donors (Lipinski definition) is 1. The third kappa shape index (κ3) is 5.08. The summed E-state index contributed by atoms with van der Waals surface area (Å²) in [7, 11) is 4.32. The van der Waals surface area contributed by atoms with Gasteiger partial charge in [-0.15, -0.1) is 13.2 Å². The lowest BCUT2D eigenvalue weighted by Crippen LogP contribution is -2.29. The summed E-state index contributed by atoms with van der Waals surface area (Å²) in [6.45, 7) is 0. The van der Waals surface area contributed by atoms with E-state index in [1.807, 2.05) is 0 Å². The van der Waals surface area contributed by atoms with Crippen LogP contribution in [-0.2, 0) is 9.59 Å². The van der Waals surface area contributed by atoms with Gasteiger partial charge in [-0.2, -0.15) is 0 Å². The second-order valence-corrected chi connectivity index (χ2v) is 8.05. The Bertz CT molecular complexity index is 1380. The van der Waals surface area contributed by atoms with E-state index in [4.69, 9.17) is 14.2 Å². The van der Waals surface area contributed by atoms with E-state index in [1.54, 1.807) is 24.3 Å². The molecule has 0 saturated carbocycles. The Kier molecular flexibility index (Phi) is 7.20. The number of methoxy groups -OCH3 is 3. The minimum absolute atomic E-state index is 0.119. The Balaban J connectivity index is 1.86. The van der Waals surface area contributed by atoms with Crippen LogP contribution in [0.4, 0.5) is 18.9 Å². The van der Waals surface area contributed by atoms with Crippen LogP contribution in [0.5, 0.6) is 23.0 Å². The molecule has 1 aliphatic heterocycles. The molecule has 1 amide bonds. The van der Waals surface area contributed by atoms with Crippen molar-refractivity contribution < 1.29 is 46.8 Å². The van der Waals surface area contributed by atoms with Crippen molar-refractivity contribution in [3.05, 3.63) is 83.4 Å². The van der Waals surface area contributed by atoms with Gasteiger partial charge in [-0.05, 0) is 60.2 Å². The molecule has 0 aliphatic carbocycles. The lowest BCUT2D eigenvalue weighted by atomic mass is 9.95. The van der Waals surface area contributed by atoms with E-state index in [9.17, 15) is 27.9 Å². The molecule has 1 N–H and O–H groups in total. The van der Waals surface area contributed by atoms with E-state index in [0.29, 0.717) is 17.1 Å². The molecule has 198 valence electrons. The van der Waals surface area contributed by atoms with Crippen LogP contribution in [0, 0.1) is 0 Å². The maximum Gasteiger partial charge on any atom is 0.573 e. The monoisotopic (exact) mass is 529 g/mol. The highest BCUT2D eigenvalue weighted by Crippen LogP contribution is 2.43. The summed E-state index contributed by atoms with van der Waals surface area (Å²) in [5.41, 5.74) is 0.535. The van der Waals surface area contributed by atoms with E-state index in [2.05, 4.69) is 4.74 Å². The number of benzene rings is 3. The topological polar surface area (TPSA) is 94.5 Å². The number of ether oxygens (including phenoxy) is 4. The van der Waals surface area contributed by atoms with Crippen LogP contribution in [0.1, 0.15) is 17.2 Å². The molecule has 1 atom stereocenters. The number of halogens is 3. The quantitative estimate of drug-likeness (QED) is 0.254. The van der Waals surface area contributed by atoms with Gasteiger partial charge in [0.15, 0.2) is 11.5 Å². The van der Waals surface area contributed by atoms with Crippen molar-refractivity contribution in [3.8, 4) is 23.0 Å². The standard InChI is InChI=1S/C27H22F3NO7/c1-35-18-9-4-15(5-10-18)23-22(24(32)16-6-13-20(36-2)21(14-16)37-3)25(33)26(34)31(23)17-7-11-19(12-8-17)38-27(28,29)30/h4-14,23,32H,1-3H3/b24-22-. The number of alkyl halides is 3. The first-order valence-corrected chi connectivity index (χ1v) is 11.1. The average molecular weight is 529 g/mol. The third-order valence-corrected chi connectivity index (χ3v) is 5.88. The molecule has 1 heterocycles. The Morgan fingerprint density at radius 3 is 1.97 bits per heavy atom. The number of Topliss-reactive ketones (excluding diaryl/α,β-unsaturated/α-hetero) is 1. The lowest BCUT2D eigenvalue weighted by molar-refractivity contribution is -0.274. The molecule has 3 aromatic carbocycles. The van der Waals surface area contributed by atoms with Crippen molar-refractivity contribution in [1.82, 2.24) is 0 Å². The summed E-state index contributed by atoms with van der Waals surface area (Å²) in [5.74, 6) is -1.73.